The molecule has 5 rings (SSSR count). The number of aromatic nitrogens is 1. The first-order valence-electron chi connectivity index (χ1n) is 12.2. The number of nitro groups is 1. The molecule has 3 atom stereocenters. The number of rotatable bonds is 7. The number of nitrogens with zero attached hydrogens (tertiary/aromatic N) is 3. The number of benzene rings is 3. The molecule has 2 heterocycles. The van der Waals surface area contributed by atoms with Crippen molar-refractivity contribution in [1.29, 1.82) is 0 Å². The molecule has 1 amide bonds. The summed E-state index contributed by atoms with van der Waals surface area (Å²) in [6.45, 7) is 3.62. The molecule has 0 bridgehead atoms. The molecule has 1 saturated heterocycles. The quantitative estimate of drug-likeness (QED) is 0.245. The van der Waals surface area contributed by atoms with Crippen molar-refractivity contribution in [2.75, 3.05) is 12.0 Å². The monoisotopic (exact) mass is 533 g/mol. The molecule has 0 unspecified atom stereocenters. The summed E-state index contributed by atoms with van der Waals surface area (Å²) in [7, 11) is -2.50. The number of carbonyl (C=O) groups is 1. The molecule has 0 radical (unpaired) electrons. The normalized spacial score (nSPS) is 19.7. The van der Waals surface area contributed by atoms with Gasteiger partial charge in [0, 0.05) is 27.8 Å². The Labute approximate surface area is 220 Å². The Morgan fingerprint density at radius 1 is 1.00 bits per heavy atom. The Morgan fingerprint density at radius 2 is 1.66 bits per heavy atom. The van der Waals surface area contributed by atoms with Gasteiger partial charge in [-0.1, -0.05) is 42.8 Å². The molecule has 1 aliphatic rings. The first-order valence-corrected chi connectivity index (χ1v) is 13.7. The molecule has 1 aliphatic heterocycles. The van der Waals surface area contributed by atoms with Gasteiger partial charge in [-0.2, -0.15) is 0 Å². The summed E-state index contributed by atoms with van der Waals surface area (Å²) in [5.41, 5.74) is 2.17. The Bertz CT molecular complexity index is 1630. The third-order valence-corrected chi connectivity index (χ3v) is 8.90. The third-order valence-electron chi connectivity index (χ3n) is 7.21. The minimum Gasteiger partial charge on any atom is -0.497 e. The van der Waals surface area contributed by atoms with Crippen LogP contribution in [0, 0.1) is 23.0 Å². The number of hydrogen-bond acceptors (Lipinski definition) is 6. The van der Waals surface area contributed by atoms with Crippen LogP contribution >= 0.6 is 0 Å². The summed E-state index contributed by atoms with van der Waals surface area (Å²) in [6, 6.07) is 17.8. The maximum atomic E-state index is 13.7. The Balaban J connectivity index is 1.75. The van der Waals surface area contributed by atoms with E-state index in [9.17, 15) is 23.3 Å². The first kappa shape index (κ1) is 25.5. The van der Waals surface area contributed by atoms with Crippen molar-refractivity contribution in [2.24, 2.45) is 5.92 Å². The number of para-hydroxylation sites is 1. The second-order valence-corrected chi connectivity index (χ2v) is 11.2. The SMILES string of the molecule is CC[C@@H]1C(=O)N(c2ccc(OC)cc2)[C@H](c2cn(S(=O)(=O)c3ccc(C)cc3)c3ccccc23)[C@H]1[N+](=O)[O-]. The van der Waals surface area contributed by atoms with Crippen LogP contribution in [0.25, 0.3) is 10.9 Å². The van der Waals surface area contributed by atoms with E-state index in [-0.39, 0.29) is 17.2 Å². The molecule has 0 aliphatic carbocycles. The van der Waals surface area contributed by atoms with Crippen LogP contribution in [0.15, 0.2) is 83.9 Å². The van der Waals surface area contributed by atoms with Gasteiger partial charge in [0.05, 0.1) is 17.5 Å². The zero-order valence-corrected chi connectivity index (χ0v) is 22.0. The average molecular weight is 534 g/mol. The number of amides is 1. The molecule has 196 valence electrons. The van der Waals surface area contributed by atoms with Crippen LogP contribution in [0.2, 0.25) is 0 Å². The van der Waals surface area contributed by atoms with Crippen molar-refractivity contribution >= 4 is 32.5 Å². The maximum Gasteiger partial charge on any atom is 0.268 e. The van der Waals surface area contributed by atoms with E-state index in [1.807, 2.05) is 6.92 Å². The lowest BCUT2D eigenvalue weighted by molar-refractivity contribution is -0.530. The summed E-state index contributed by atoms with van der Waals surface area (Å²) < 4.78 is 33.9. The van der Waals surface area contributed by atoms with Crippen LogP contribution in [-0.4, -0.2) is 36.4 Å². The first-order chi connectivity index (χ1) is 18.2. The average Bonchev–Trinajstić information content (AvgIpc) is 3.44. The van der Waals surface area contributed by atoms with Crippen LogP contribution < -0.4 is 9.64 Å². The lowest BCUT2D eigenvalue weighted by Crippen LogP contribution is -2.33. The molecule has 38 heavy (non-hydrogen) atoms. The summed E-state index contributed by atoms with van der Waals surface area (Å²) >= 11 is 0. The highest BCUT2D eigenvalue weighted by molar-refractivity contribution is 7.90. The Kier molecular flexibility index (Phi) is 6.44. The van der Waals surface area contributed by atoms with E-state index >= 15 is 0 Å². The second-order valence-electron chi connectivity index (χ2n) is 9.36. The number of aryl methyl sites for hydroxylation is 1. The second kappa shape index (κ2) is 9.60. The van der Waals surface area contributed by atoms with Crippen molar-refractivity contribution in [3.05, 3.63) is 100 Å². The molecule has 1 fully saturated rings. The molecule has 9 nitrogen and oxygen atoms in total. The molecule has 4 aromatic rings. The number of fused-ring (bicyclic) bond motifs is 1. The third kappa shape index (κ3) is 4.01. The van der Waals surface area contributed by atoms with Gasteiger partial charge in [-0.3, -0.25) is 19.8 Å². The summed E-state index contributed by atoms with van der Waals surface area (Å²) in [6.07, 6.45) is 1.71. The van der Waals surface area contributed by atoms with E-state index in [4.69, 9.17) is 4.74 Å². The fraction of sp³-hybridized carbons (Fsp3) is 0.250. The van der Waals surface area contributed by atoms with Crippen LogP contribution in [-0.2, 0) is 14.8 Å². The van der Waals surface area contributed by atoms with Crippen LogP contribution in [0.1, 0.15) is 30.5 Å². The number of ether oxygens (including phenoxy) is 1. The molecular formula is C28H27N3O6S. The van der Waals surface area contributed by atoms with Gasteiger partial charge in [-0.05, 0) is 55.8 Å². The van der Waals surface area contributed by atoms with Crippen molar-refractivity contribution in [2.45, 2.75) is 37.2 Å². The molecule has 0 N–H and O–H groups in total. The van der Waals surface area contributed by atoms with Gasteiger partial charge in [0.25, 0.3) is 10.0 Å². The highest BCUT2D eigenvalue weighted by atomic mass is 32.2. The summed E-state index contributed by atoms with van der Waals surface area (Å²) in [5, 5.41) is 13.0. The van der Waals surface area contributed by atoms with Crippen molar-refractivity contribution < 1.29 is 22.9 Å². The molecule has 0 spiro atoms. The van der Waals surface area contributed by atoms with E-state index in [1.54, 1.807) is 67.6 Å². The van der Waals surface area contributed by atoms with E-state index in [0.717, 1.165) is 9.54 Å². The van der Waals surface area contributed by atoms with E-state index in [1.165, 1.54) is 30.3 Å². The Hall–Kier alpha value is -4.18. The predicted octanol–water partition coefficient (Wildman–Crippen LogP) is 4.95. The smallest absolute Gasteiger partial charge is 0.268 e. The van der Waals surface area contributed by atoms with E-state index in [0.29, 0.717) is 27.9 Å². The van der Waals surface area contributed by atoms with Crippen LogP contribution in [0.3, 0.4) is 0 Å². The van der Waals surface area contributed by atoms with Gasteiger partial charge in [-0.15, -0.1) is 0 Å². The van der Waals surface area contributed by atoms with Crippen LogP contribution in [0.4, 0.5) is 5.69 Å². The number of anilines is 1. The summed E-state index contributed by atoms with van der Waals surface area (Å²) in [5.74, 6) is -0.661. The highest BCUT2D eigenvalue weighted by Gasteiger charge is 2.56. The lowest BCUT2D eigenvalue weighted by atomic mass is 9.92. The molecule has 10 heteroatoms. The highest BCUT2D eigenvalue weighted by Crippen LogP contribution is 2.45. The van der Waals surface area contributed by atoms with Gasteiger partial charge < -0.3 is 4.74 Å². The standard InChI is InChI=1S/C28H27N3O6S/c1-4-22-27(31(33)34)26(30(28(22)32)19-11-13-20(37-3)14-12-19)24-17-29(25-8-6-5-7-23(24)25)38(35,36)21-15-9-18(2)10-16-21/h5-17,22,26-27H,4H2,1-3H3/t22-,26+,27-/m0/s1. The number of methoxy groups -OCH3 is 1. The van der Waals surface area contributed by atoms with Gasteiger partial charge in [-0.25, -0.2) is 12.4 Å². The minimum atomic E-state index is -4.03. The number of carbonyl (C=O) groups excluding carboxylic acids is 1. The van der Waals surface area contributed by atoms with E-state index < -0.39 is 32.9 Å². The van der Waals surface area contributed by atoms with Crippen molar-refractivity contribution in [3.63, 3.8) is 0 Å². The van der Waals surface area contributed by atoms with Crippen molar-refractivity contribution in [3.8, 4) is 5.75 Å². The molecule has 3 aromatic carbocycles. The van der Waals surface area contributed by atoms with E-state index in [2.05, 4.69) is 0 Å². The van der Waals surface area contributed by atoms with Crippen LogP contribution in [0.5, 0.6) is 5.75 Å². The van der Waals surface area contributed by atoms with Gasteiger partial charge in [0.1, 0.15) is 17.7 Å². The van der Waals surface area contributed by atoms with Gasteiger partial charge in [0.2, 0.25) is 11.9 Å². The van der Waals surface area contributed by atoms with Gasteiger partial charge >= 0.3 is 0 Å². The lowest BCUT2D eigenvalue weighted by Gasteiger charge is -2.25. The largest absolute Gasteiger partial charge is 0.497 e. The fourth-order valence-corrected chi connectivity index (χ4v) is 6.68. The van der Waals surface area contributed by atoms with Gasteiger partial charge in [0.15, 0.2) is 0 Å². The Morgan fingerprint density at radius 3 is 2.26 bits per heavy atom. The molecular weight excluding hydrogens is 506 g/mol. The topological polar surface area (TPSA) is 112 Å². The zero-order valence-electron chi connectivity index (χ0n) is 21.1. The number of hydrogen-bond donors (Lipinski definition) is 0. The zero-order chi connectivity index (χ0) is 27.2. The molecule has 1 aromatic heterocycles. The maximum absolute atomic E-state index is 13.7. The fourth-order valence-electron chi connectivity index (χ4n) is 5.30. The van der Waals surface area contributed by atoms with Crippen molar-refractivity contribution in [1.82, 2.24) is 3.97 Å². The summed E-state index contributed by atoms with van der Waals surface area (Å²) in [4.78, 5) is 27.2. The predicted molar refractivity (Wildman–Crippen MR) is 143 cm³/mol. The molecule has 0 saturated carbocycles. The minimum absolute atomic E-state index is 0.0992.